The minimum atomic E-state index is -0.689. The number of halogens is 2. The zero-order valence-corrected chi connectivity index (χ0v) is 23.4. The van der Waals surface area contributed by atoms with E-state index in [1.807, 2.05) is 37.3 Å². The van der Waals surface area contributed by atoms with E-state index in [0.717, 1.165) is 21.2 Å². The van der Waals surface area contributed by atoms with E-state index in [1.165, 1.54) is 11.3 Å². The molecular weight excluding hydrogens is 576 g/mol. The molecule has 37 heavy (non-hydrogen) atoms. The second-order valence-electron chi connectivity index (χ2n) is 8.54. The number of benzene rings is 2. The maximum atomic E-state index is 13.7. The minimum Gasteiger partial charge on any atom is -0.463 e. The van der Waals surface area contributed by atoms with Crippen molar-refractivity contribution >= 4 is 50.9 Å². The van der Waals surface area contributed by atoms with Crippen molar-refractivity contribution in [3.8, 4) is 11.3 Å². The van der Waals surface area contributed by atoms with Crippen LogP contribution < -0.4 is 14.9 Å². The van der Waals surface area contributed by atoms with Crippen LogP contribution in [0.1, 0.15) is 36.8 Å². The van der Waals surface area contributed by atoms with Gasteiger partial charge in [-0.25, -0.2) is 9.79 Å². The Hall–Kier alpha value is -3.20. The van der Waals surface area contributed by atoms with Crippen molar-refractivity contribution in [1.82, 2.24) is 4.57 Å². The number of nitrogens with zero attached hydrogens (tertiary/aromatic N) is 2. The van der Waals surface area contributed by atoms with E-state index in [0.29, 0.717) is 37.1 Å². The number of fused-ring (bicyclic) bond motifs is 1. The average Bonchev–Trinajstić information content (AvgIpc) is 3.43. The molecule has 188 valence electrons. The number of ether oxygens (including phenoxy) is 1. The lowest BCUT2D eigenvalue weighted by Gasteiger charge is -2.24. The van der Waals surface area contributed by atoms with Crippen LogP contribution in [-0.2, 0) is 9.53 Å². The minimum absolute atomic E-state index is 0.214. The van der Waals surface area contributed by atoms with Gasteiger partial charge in [0, 0.05) is 21.1 Å². The number of hydrogen-bond acceptors (Lipinski definition) is 6. The lowest BCUT2D eigenvalue weighted by Crippen LogP contribution is -2.39. The SMILES string of the molecule is CCOC(=O)C1=C(C)N=c2s/c(=C\c3ccc(-c4ccc(C)cc4Br)o3)c(=O)n2[C@@H]1c1ccc(Cl)cc1. The molecule has 0 N–H and O–H groups in total. The van der Waals surface area contributed by atoms with Crippen molar-refractivity contribution in [2.24, 2.45) is 4.99 Å². The summed E-state index contributed by atoms with van der Waals surface area (Å²) in [6, 6.07) is 16.1. The highest BCUT2D eigenvalue weighted by Crippen LogP contribution is 2.32. The topological polar surface area (TPSA) is 73.8 Å². The van der Waals surface area contributed by atoms with Crippen LogP contribution in [0.15, 0.2) is 84.5 Å². The van der Waals surface area contributed by atoms with Crippen molar-refractivity contribution in [3.63, 3.8) is 0 Å². The van der Waals surface area contributed by atoms with Crippen LogP contribution in [0, 0.1) is 6.92 Å². The average molecular weight is 598 g/mol. The molecule has 0 aliphatic carbocycles. The molecule has 0 fully saturated rings. The second-order valence-corrected chi connectivity index (χ2v) is 10.8. The maximum absolute atomic E-state index is 13.7. The number of carbonyl (C=O) groups excluding carboxylic acids is 1. The summed E-state index contributed by atoms with van der Waals surface area (Å²) >= 11 is 10.9. The van der Waals surface area contributed by atoms with Gasteiger partial charge in [-0.2, -0.15) is 0 Å². The van der Waals surface area contributed by atoms with Gasteiger partial charge in [0.25, 0.3) is 5.56 Å². The predicted molar refractivity (Wildman–Crippen MR) is 148 cm³/mol. The number of hydrogen-bond donors (Lipinski definition) is 0. The third kappa shape index (κ3) is 4.89. The molecule has 4 aromatic rings. The molecule has 0 radical (unpaired) electrons. The monoisotopic (exact) mass is 596 g/mol. The molecule has 0 amide bonds. The molecule has 2 aromatic heterocycles. The van der Waals surface area contributed by atoms with Crippen LogP contribution >= 0.6 is 38.9 Å². The lowest BCUT2D eigenvalue weighted by molar-refractivity contribution is -0.139. The van der Waals surface area contributed by atoms with E-state index < -0.39 is 12.0 Å². The van der Waals surface area contributed by atoms with Gasteiger partial charge in [0.2, 0.25) is 0 Å². The third-order valence-corrected chi connectivity index (χ3v) is 7.88. The largest absolute Gasteiger partial charge is 0.463 e. The normalized spacial score (nSPS) is 15.5. The summed E-state index contributed by atoms with van der Waals surface area (Å²) in [5.41, 5.74) is 3.36. The summed E-state index contributed by atoms with van der Waals surface area (Å²) < 4.78 is 14.3. The van der Waals surface area contributed by atoms with Gasteiger partial charge in [0.05, 0.1) is 28.5 Å². The van der Waals surface area contributed by atoms with Gasteiger partial charge in [-0.15, -0.1) is 0 Å². The Morgan fingerprint density at radius 1 is 1.19 bits per heavy atom. The Morgan fingerprint density at radius 3 is 2.65 bits per heavy atom. The molecule has 0 bridgehead atoms. The van der Waals surface area contributed by atoms with Crippen molar-refractivity contribution in [2.45, 2.75) is 26.8 Å². The zero-order chi connectivity index (χ0) is 26.3. The fraction of sp³-hybridized carbons (Fsp3) is 0.179. The van der Waals surface area contributed by atoms with Crippen LogP contribution in [0.5, 0.6) is 0 Å². The molecule has 0 spiro atoms. The molecule has 5 rings (SSSR count). The molecule has 1 aliphatic heterocycles. The van der Waals surface area contributed by atoms with Gasteiger partial charge in [0.15, 0.2) is 4.80 Å². The first-order valence-corrected chi connectivity index (χ1v) is 13.6. The van der Waals surface area contributed by atoms with E-state index in [4.69, 9.17) is 20.8 Å². The quantitative estimate of drug-likeness (QED) is 0.273. The molecule has 0 unspecified atom stereocenters. The number of thiazole rings is 1. The van der Waals surface area contributed by atoms with Crippen molar-refractivity contribution in [3.05, 3.63) is 112 Å². The maximum Gasteiger partial charge on any atom is 0.338 e. The van der Waals surface area contributed by atoms with E-state index >= 15 is 0 Å². The summed E-state index contributed by atoms with van der Waals surface area (Å²) in [5, 5.41) is 0.559. The number of carbonyl (C=O) groups is 1. The molecule has 0 saturated heterocycles. The summed E-state index contributed by atoms with van der Waals surface area (Å²) in [5.74, 6) is 0.722. The summed E-state index contributed by atoms with van der Waals surface area (Å²) in [6.07, 6.45) is 1.71. The first-order chi connectivity index (χ1) is 17.8. The van der Waals surface area contributed by atoms with Crippen LogP contribution in [0.4, 0.5) is 0 Å². The van der Waals surface area contributed by atoms with Gasteiger partial charge in [0.1, 0.15) is 11.5 Å². The molecule has 9 heteroatoms. The summed E-state index contributed by atoms with van der Waals surface area (Å²) in [6.45, 7) is 5.73. The smallest absolute Gasteiger partial charge is 0.338 e. The van der Waals surface area contributed by atoms with Crippen molar-refractivity contribution < 1.29 is 13.9 Å². The molecule has 0 saturated carbocycles. The Balaban J connectivity index is 1.63. The van der Waals surface area contributed by atoms with E-state index in [1.54, 1.807) is 48.8 Å². The Labute approximate surface area is 230 Å². The van der Waals surface area contributed by atoms with Crippen LogP contribution in [0.3, 0.4) is 0 Å². The molecule has 1 atom stereocenters. The number of aryl methyl sites for hydroxylation is 1. The molecular formula is C28H22BrClN2O4S. The molecule has 2 aromatic carbocycles. The highest BCUT2D eigenvalue weighted by Gasteiger charge is 2.33. The van der Waals surface area contributed by atoms with Crippen LogP contribution in [0.25, 0.3) is 17.4 Å². The first kappa shape index (κ1) is 25.4. The number of allylic oxidation sites excluding steroid dienone is 1. The van der Waals surface area contributed by atoms with E-state index in [-0.39, 0.29) is 12.2 Å². The van der Waals surface area contributed by atoms with Gasteiger partial charge in [-0.1, -0.05) is 57.1 Å². The van der Waals surface area contributed by atoms with E-state index in [2.05, 4.69) is 20.9 Å². The predicted octanol–water partition coefficient (Wildman–Crippen LogP) is 5.78. The van der Waals surface area contributed by atoms with Crippen molar-refractivity contribution in [2.75, 3.05) is 6.61 Å². The molecule has 1 aliphatic rings. The fourth-order valence-electron chi connectivity index (χ4n) is 4.28. The Bertz CT molecular complexity index is 1730. The zero-order valence-electron chi connectivity index (χ0n) is 20.2. The number of rotatable bonds is 5. The number of aromatic nitrogens is 1. The first-order valence-electron chi connectivity index (χ1n) is 11.6. The Morgan fingerprint density at radius 2 is 1.95 bits per heavy atom. The molecule has 6 nitrogen and oxygen atoms in total. The second kappa shape index (κ2) is 10.3. The highest BCUT2D eigenvalue weighted by molar-refractivity contribution is 9.10. The van der Waals surface area contributed by atoms with Crippen LogP contribution in [-0.4, -0.2) is 17.1 Å². The van der Waals surface area contributed by atoms with Gasteiger partial charge >= 0.3 is 5.97 Å². The van der Waals surface area contributed by atoms with Gasteiger partial charge in [-0.05, 0) is 68.3 Å². The molecule has 3 heterocycles. The number of furan rings is 1. The summed E-state index contributed by atoms with van der Waals surface area (Å²) in [7, 11) is 0. The van der Waals surface area contributed by atoms with Crippen molar-refractivity contribution in [1.29, 1.82) is 0 Å². The number of esters is 1. The van der Waals surface area contributed by atoms with E-state index in [9.17, 15) is 9.59 Å². The fourth-order valence-corrected chi connectivity index (χ4v) is 6.12. The summed E-state index contributed by atoms with van der Waals surface area (Å²) in [4.78, 5) is 31.8. The van der Waals surface area contributed by atoms with Gasteiger partial charge < -0.3 is 9.15 Å². The lowest BCUT2D eigenvalue weighted by atomic mass is 9.96. The van der Waals surface area contributed by atoms with Gasteiger partial charge in [-0.3, -0.25) is 9.36 Å². The highest BCUT2D eigenvalue weighted by atomic mass is 79.9. The standard InChI is InChI=1S/C28H22BrClN2O4S/c1-4-35-27(34)24-16(3)31-28-32(25(24)17-6-8-18(30)9-7-17)26(33)23(37-28)14-19-10-12-22(36-19)20-11-5-15(2)13-21(20)29/h5-14,25H,4H2,1-3H3/b23-14-/t25-/m1/s1. The third-order valence-electron chi connectivity index (χ3n) is 5.99. The Kier molecular flexibility index (Phi) is 7.07. The van der Waals surface area contributed by atoms with Crippen LogP contribution in [0.2, 0.25) is 5.02 Å².